The third-order valence-electron chi connectivity index (χ3n) is 5.78. The van der Waals surface area contributed by atoms with E-state index in [9.17, 15) is 19.1 Å². The van der Waals surface area contributed by atoms with E-state index in [0.717, 1.165) is 16.5 Å². The molecular weight excluding hydrogens is 461 g/mol. The number of nitrogens with zero attached hydrogens (tertiary/aromatic N) is 1. The fourth-order valence-electron chi connectivity index (χ4n) is 4.09. The SMILES string of the molecule is COc1ccc(/C(O)=C2/C(=O)C(=O)N(c3ccc(F)c(Cl)c3)C2c2ccc(C)o2)cc1C(C)C. The Labute approximate surface area is 201 Å². The summed E-state index contributed by atoms with van der Waals surface area (Å²) < 4.78 is 25.0. The minimum Gasteiger partial charge on any atom is -0.507 e. The summed E-state index contributed by atoms with van der Waals surface area (Å²) >= 11 is 5.95. The van der Waals surface area contributed by atoms with Crippen LogP contribution in [0.4, 0.5) is 10.1 Å². The highest BCUT2D eigenvalue weighted by atomic mass is 35.5. The number of anilines is 1. The smallest absolute Gasteiger partial charge is 0.300 e. The van der Waals surface area contributed by atoms with Gasteiger partial charge >= 0.3 is 0 Å². The first-order chi connectivity index (χ1) is 16.1. The maximum atomic E-state index is 13.8. The Bertz CT molecular complexity index is 1330. The van der Waals surface area contributed by atoms with Crippen LogP contribution in [0, 0.1) is 12.7 Å². The van der Waals surface area contributed by atoms with Crippen LogP contribution in [0.3, 0.4) is 0 Å². The Morgan fingerprint density at radius 3 is 2.47 bits per heavy atom. The summed E-state index contributed by atoms with van der Waals surface area (Å²) in [6, 6.07) is 11.0. The summed E-state index contributed by atoms with van der Waals surface area (Å²) in [6.45, 7) is 5.68. The number of furan rings is 1. The zero-order chi connectivity index (χ0) is 24.7. The summed E-state index contributed by atoms with van der Waals surface area (Å²) in [7, 11) is 1.55. The lowest BCUT2D eigenvalue weighted by molar-refractivity contribution is -0.132. The van der Waals surface area contributed by atoms with Crippen molar-refractivity contribution in [3.8, 4) is 5.75 Å². The molecule has 1 aliphatic heterocycles. The normalized spacial score (nSPS) is 17.6. The zero-order valence-corrected chi connectivity index (χ0v) is 19.8. The largest absolute Gasteiger partial charge is 0.507 e. The van der Waals surface area contributed by atoms with Crippen LogP contribution in [-0.2, 0) is 9.59 Å². The lowest BCUT2D eigenvalue weighted by atomic mass is 9.95. The Morgan fingerprint density at radius 1 is 1.15 bits per heavy atom. The number of methoxy groups -OCH3 is 1. The highest BCUT2D eigenvalue weighted by Gasteiger charge is 2.48. The van der Waals surface area contributed by atoms with Gasteiger partial charge in [0.2, 0.25) is 0 Å². The number of halogens is 2. The van der Waals surface area contributed by atoms with Gasteiger partial charge in [-0.2, -0.15) is 0 Å². The van der Waals surface area contributed by atoms with Gasteiger partial charge in [0.1, 0.15) is 34.9 Å². The molecule has 1 aliphatic rings. The van der Waals surface area contributed by atoms with Crippen LogP contribution in [0.1, 0.15) is 48.5 Å². The summed E-state index contributed by atoms with van der Waals surface area (Å²) in [4.78, 5) is 27.5. The number of carbonyl (C=O) groups excluding carboxylic acids is 2. The number of amides is 1. The number of hydrogen-bond acceptors (Lipinski definition) is 5. The van der Waals surface area contributed by atoms with Gasteiger partial charge in [0, 0.05) is 11.3 Å². The quantitative estimate of drug-likeness (QED) is 0.268. The second-order valence-electron chi connectivity index (χ2n) is 8.33. The van der Waals surface area contributed by atoms with Gasteiger partial charge in [0.25, 0.3) is 11.7 Å². The number of aliphatic hydroxyl groups is 1. The van der Waals surface area contributed by atoms with Crippen molar-refractivity contribution >= 4 is 34.7 Å². The average Bonchev–Trinajstić information content (AvgIpc) is 3.35. The molecule has 0 radical (unpaired) electrons. The van der Waals surface area contributed by atoms with Gasteiger partial charge in [-0.1, -0.05) is 25.4 Å². The third kappa shape index (κ3) is 3.96. The van der Waals surface area contributed by atoms with E-state index in [0.29, 0.717) is 17.1 Å². The van der Waals surface area contributed by atoms with Crippen molar-refractivity contribution in [2.45, 2.75) is 32.7 Å². The number of aliphatic hydroxyl groups excluding tert-OH is 1. The first kappa shape index (κ1) is 23.6. The Hall–Kier alpha value is -3.58. The summed E-state index contributed by atoms with van der Waals surface area (Å²) in [5, 5.41) is 11.1. The minimum absolute atomic E-state index is 0.0787. The molecule has 1 saturated heterocycles. The van der Waals surface area contributed by atoms with Crippen LogP contribution in [-0.4, -0.2) is 23.9 Å². The van der Waals surface area contributed by atoms with E-state index in [2.05, 4.69) is 0 Å². The molecule has 1 atom stereocenters. The second kappa shape index (κ2) is 8.99. The first-order valence-corrected chi connectivity index (χ1v) is 11.0. The molecule has 1 aromatic heterocycles. The van der Waals surface area contributed by atoms with Crippen molar-refractivity contribution in [3.63, 3.8) is 0 Å². The standard InChI is InChI=1S/C26H23ClFNO5/c1-13(2)17-11-15(6-10-20(17)33-4)24(30)22-23(21-9-5-14(3)34-21)29(26(32)25(22)31)16-7-8-19(28)18(27)12-16/h5-13,23,30H,1-4H3/b24-22-. The predicted octanol–water partition coefficient (Wildman–Crippen LogP) is 6.14. The molecule has 2 aromatic carbocycles. The number of hydrogen-bond donors (Lipinski definition) is 1. The van der Waals surface area contributed by atoms with Crippen molar-refractivity contribution in [1.82, 2.24) is 0 Å². The molecule has 3 aromatic rings. The van der Waals surface area contributed by atoms with Gasteiger partial charge in [0.05, 0.1) is 17.7 Å². The van der Waals surface area contributed by atoms with Crippen LogP contribution in [0.25, 0.3) is 5.76 Å². The third-order valence-corrected chi connectivity index (χ3v) is 6.07. The Kier molecular flexibility index (Phi) is 6.23. The monoisotopic (exact) mass is 483 g/mol. The van der Waals surface area contributed by atoms with Crippen molar-refractivity contribution in [3.05, 3.63) is 87.6 Å². The minimum atomic E-state index is -1.07. The molecule has 0 spiro atoms. The number of ketones is 1. The second-order valence-corrected chi connectivity index (χ2v) is 8.73. The molecule has 0 saturated carbocycles. The van der Waals surface area contributed by atoms with Gasteiger partial charge in [-0.25, -0.2) is 4.39 Å². The van der Waals surface area contributed by atoms with Gasteiger partial charge in [-0.05, 0) is 66.9 Å². The van der Waals surface area contributed by atoms with Crippen molar-refractivity contribution in [2.75, 3.05) is 12.0 Å². The van der Waals surface area contributed by atoms with Gasteiger partial charge in [-0.15, -0.1) is 0 Å². The number of rotatable bonds is 5. The summed E-state index contributed by atoms with van der Waals surface area (Å²) in [5.41, 5.74) is 1.24. The zero-order valence-electron chi connectivity index (χ0n) is 19.1. The molecule has 6 nitrogen and oxygen atoms in total. The molecule has 1 unspecified atom stereocenters. The highest BCUT2D eigenvalue weighted by molar-refractivity contribution is 6.51. The molecule has 8 heteroatoms. The molecule has 2 heterocycles. The predicted molar refractivity (Wildman–Crippen MR) is 127 cm³/mol. The number of Topliss-reactive ketones (excluding diaryl/α,β-unsaturated/α-hetero) is 1. The lowest BCUT2D eigenvalue weighted by Crippen LogP contribution is -2.29. The maximum absolute atomic E-state index is 13.8. The van der Waals surface area contributed by atoms with E-state index in [4.69, 9.17) is 20.8 Å². The summed E-state index contributed by atoms with van der Waals surface area (Å²) in [5.74, 6) is -1.23. The molecule has 34 heavy (non-hydrogen) atoms. The van der Waals surface area contributed by atoms with Crippen LogP contribution >= 0.6 is 11.6 Å². The molecule has 1 N–H and O–H groups in total. The van der Waals surface area contributed by atoms with Crippen LogP contribution < -0.4 is 9.64 Å². The number of ether oxygens (including phenoxy) is 1. The molecular formula is C26H23ClFNO5. The maximum Gasteiger partial charge on any atom is 0.300 e. The van der Waals surface area contributed by atoms with Crippen molar-refractivity contribution in [2.24, 2.45) is 0 Å². The van der Waals surface area contributed by atoms with Crippen LogP contribution in [0.2, 0.25) is 5.02 Å². The fourth-order valence-corrected chi connectivity index (χ4v) is 4.27. The van der Waals surface area contributed by atoms with Crippen molar-refractivity contribution in [1.29, 1.82) is 0 Å². The topological polar surface area (TPSA) is 80.0 Å². The van der Waals surface area contributed by atoms with Gasteiger partial charge in [-0.3, -0.25) is 14.5 Å². The van der Waals surface area contributed by atoms with E-state index in [1.165, 1.54) is 12.1 Å². The highest BCUT2D eigenvalue weighted by Crippen LogP contribution is 2.43. The number of aryl methyl sites for hydroxylation is 1. The van der Waals surface area contributed by atoms with E-state index >= 15 is 0 Å². The number of carbonyl (C=O) groups is 2. The molecule has 176 valence electrons. The molecule has 1 amide bonds. The Morgan fingerprint density at radius 2 is 1.88 bits per heavy atom. The van der Waals surface area contributed by atoms with E-state index in [1.54, 1.807) is 44.4 Å². The van der Waals surface area contributed by atoms with E-state index < -0.39 is 23.5 Å². The Balaban J connectivity index is 1.94. The van der Waals surface area contributed by atoms with Gasteiger partial charge < -0.3 is 14.3 Å². The average molecular weight is 484 g/mol. The van der Waals surface area contributed by atoms with Crippen LogP contribution in [0.5, 0.6) is 5.75 Å². The molecule has 0 bridgehead atoms. The van der Waals surface area contributed by atoms with Gasteiger partial charge in [0.15, 0.2) is 0 Å². The molecule has 1 fully saturated rings. The van der Waals surface area contributed by atoms with Crippen molar-refractivity contribution < 1.29 is 28.2 Å². The molecule has 0 aliphatic carbocycles. The first-order valence-electron chi connectivity index (χ1n) is 10.6. The lowest BCUT2D eigenvalue weighted by Gasteiger charge is -2.23. The van der Waals surface area contributed by atoms with Crippen LogP contribution in [0.15, 0.2) is 58.5 Å². The fraction of sp³-hybridized carbons (Fsp3) is 0.231. The van der Waals surface area contributed by atoms with E-state index in [1.807, 2.05) is 13.8 Å². The summed E-state index contributed by atoms with van der Waals surface area (Å²) in [6.07, 6.45) is 0. The number of benzene rings is 2. The van der Waals surface area contributed by atoms with E-state index in [-0.39, 0.29) is 33.7 Å². The molecule has 4 rings (SSSR count).